The molecule has 17 heteroatoms. The Kier molecular flexibility index (Phi) is 12.7. The van der Waals surface area contributed by atoms with Crippen LogP contribution in [0.3, 0.4) is 0 Å². The van der Waals surface area contributed by atoms with Crippen LogP contribution in [0.5, 0.6) is 23.0 Å². The zero-order valence-electron chi connectivity index (χ0n) is 33.8. The molecule has 0 atom stereocenters. The number of fused-ring (bicyclic) bond motifs is 20. The normalized spacial score (nSPS) is 11.6. The second-order valence-corrected chi connectivity index (χ2v) is 13.7. The third kappa shape index (κ3) is 8.56. The van der Waals surface area contributed by atoms with Crippen molar-refractivity contribution >= 4 is 44.1 Å². The van der Waals surface area contributed by atoms with E-state index in [-0.39, 0.29) is 16.8 Å². The molecule has 0 unspecified atom stereocenters. The van der Waals surface area contributed by atoms with E-state index in [9.17, 15) is 0 Å². The summed E-state index contributed by atoms with van der Waals surface area (Å²) in [6.07, 6.45) is 0. The van der Waals surface area contributed by atoms with Gasteiger partial charge in [0.1, 0.15) is 49.4 Å². The van der Waals surface area contributed by atoms with E-state index in [0.717, 1.165) is 21.9 Å². The molecule has 0 saturated carbocycles. The number of benzene rings is 4. The average molecular weight is 868 g/mol. The van der Waals surface area contributed by atoms with Crippen molar-refractivity contribution in [1.29, 1.82) is 0 Å². The molecule has 9 rings (SSSR count). The van der Waals surface area contributed by atoms with Crippen LogP contribution >= 0.6 is 0 Å². The van der Waals surface area contributed by atoms with E-state index in [1.54, 1.807) is 28.4 Å². The van der Waals surface area contributed by atoms with E-state index in [2.05, 4.69) is 0 Å². The van der Waals surface area contributed by atoms with Crippen LogP contribution in [-0.4, -0.2) is 111 Å². The van der Waals surface area contributed by atoms with Crippen molar-refractivity contribution < 1.29 is 54.7 Å². The van der Waals surface area contributed by atoms with Gasteiger partial charge in [0.25, 0.3) is 0 Å². The van der Waals surface area contributed by atoms with Gasteiger partial charge in [0.2, 0.25) is 0 Å². The van der Waals surface area contributed by atoms with Crippen molar-refractivity contribution in [3.05, 3.63) is 72.8 Å². The molecule has 313 valence electrons. The number of hydrogen-bond acceptors (Lipinski definition) is 14. The maximum Gasteiger partial charge on any atom is 2.00 e. The monoisotopic (exact) mass is 867 g/mol. The zero-order valence-corrected chi connectivity index (χ0v) is 34.8. The van der Waals surface area contributed by atoms with Crippen LogP contribution in [0.4, 0.5) is 0 Å². The molecule has 0 saturated heterocycles. The maximum absolute atomic E-state index is 6.02. The Balaban J connectivity index is 0.00000514. The van der Waals surface area contributed by atoms with Crippen LogP contribution in [0.15, 0.2) is 72.8 Å². The third-order valence-corrected chi connectivity index (χ3v) is 9.81. The predicted octanol–water partition coefficient (Wildman–Crippen LogP) is 6.23. The average Bonchev–Trinajstić information content (AvgIpc) is 3.99. The Morgan fingerprint density at radius 2 is 0.656 bits per heavy atom. The molecule has 0 N–H and O–H groups in total. The van der Waals surface area contributed by atoms with Gasteiger partial charge in [-0.1, -0.05) is 0 Å². The van der Waals surface area contributed by atoms with Gasteiger partial charge in [0.15, 0.2) is 0 Å². The van der Waals surface area contributed by atoms with Crippen LogP contribution < -0.4 is 28.9 Å². The summed E-state index contributed by atoms with van der Waals surface area (Å²) in [4.78, 5) is 40.4. The molecule has 2 aliphatic heterocycles. The number of aromatic nitrogens is 8. The molecule has 8 bridgehead atoms. The Hall–Kier alpha value is -6.21. The number of ether oxygens (including phenoxy) is 8. The van der Waals surface area contributed by atoms with Crippen molar-refractivity contribution in [2.24, 2.45) is 0 Å². The van der Waals surface area contributed by atoms with Gasteiger partial charge in [-0.25, -0.2) is 9.97 Å². The smallest absolute Gasteiger partial charge is 0.491 e. The Bertz CT molecular complexity index is 2690. The van der Waals surface area contributed by atoms with Crippen molar-refractivity contribution in [2.75, 3.05) is 81.3 Å². The topological polar surface area (TPSA) is 179 Å². The van der Waals surface area contributed by atoms with Crippen LogP contribution in [0.25, 0.3) is 89.7 Å². The molecule has 3 aromatic heterocycles. The van der Waals surface area contributed by atoms with Crippen LogP contribution in [0.2, 0.25) is 0 Å². The van der Waals surface area contributed by atoms with Gasteiger partial charge in [-0.2, -0.15) is 0 Å². The van der Waals surface area contributed by atoms with E-state index in [0.29, 0.717) is 144 Å². The SMILES string of the molecule is COCCOc1ccc2c(c1)-c1nc-2nc2[n-]c(nc3nc(nc4[n-]c(n1)c1ccc(OCCOC)cc41)-c1ccc(OCCOC)cc1-3)c1ccc(OCCOC)cc21.[Co+2]. The van der Waals surface area contributed by atoms with Gasteiger partial charge in [-0.3, -0.25) is 0 Å². The minimum atomic E-state index is 0. The summed E-state index contributed by atoms with van der Waals surface area (Å²) < 4.78 is 44.9. The standard InChI is InChI=1S/C44H40N8O8.Co/c1-53-13-17-57-25-5-9-29-33(21-25)41-45-37(29)50-42-35-23-27(59-19-15-55-3)7-11-31(35)39(47-42)52-44-36-24-28(60-20-16-56-4)8-12-32(36)40(48-44)51-43-34-22-26(58-18-14-54-2)6-10-30(34)38(46-43)49-41;/h5-12,21-24H,13-20H2,1-4H3;/q-2;+2. The third-order valence-electron chi connectivity index (χ3n) is 9.81. The summed E-state index contributed by atoms with van der Waals surface area (Å²) in [5, 5.41) is 2.90. The van der Waals surface area contributed by atoms with E-state index in [4.69, 9.17) is 77.8 Å². The number of rotatable bonds is 16. The van der Waals surface area contributed by atoms with E-state index < -0.39 is 0 Å². The van der Waals surface area contributed by atoms with Gasteiger partial charge in [0, 0.05) is 73.3 Å². The quantitative estimate of drug-likeness (QED) is 0.0998. The largest absolute Gasteiger partial charge is 2.00 e. The summed E-state index contributed by atoms with van der Waals surface area (Å²) >= 11 is 0. The molecule has 61 heavy (non-hydrogen) atoms. The van der Waals surface area contributed by atoms with Gasteiger partial charge < -0.3 is 67.8 Å². The summed E-state index contributed by atoms with van der Waals surface area (Å²) in [7, 11) is 6.52. The van der Waals surface area contributed by atoms with Crippen molar-refractivity contribution in [3.63, 3.8) is 0 Å². The molecular formula is C44H40CoN8O8. The number of nitrogens with zero attached hydrogens (tertiary/aromatic N) is 8. The molecule has 0 amide bonds. The molecule has 7 aromatic rings. The molecule has 5 heterocycles. The first-order valence-corrected chi connectivity index (χ1v) is 19.3. The number of hydrogen-bond donors (Lipinski definition) is 0. The van der Waals surface area contributed by atoms with Gasteiger partial charge in [-0.15, -0.1) is 0 Å². The molecule has 1 radical (unpaired) electrons. The van der Waals surface area contributed by atoms with E-state index in [1.165, 1.54) is 0 Å². The first kappa shape index (κ1) is 41.5. The van der Waals surface area contributed by atoms with Crippen molar-refractivity contribution in [1.82, 2.24) is 39.9 Å². The van der Waals surface area contributed by atoms with Gasteiger partial charge in [0.05, 0.1) is 49.7 Å². The van der Waals surface area contributed by atoms with Crippen LogP contribution in [-0.2, 0) is 35.7 Å². The molecular weight excluding hydrogens is 827 g/mol. The Morgan fingerprint density at radius 1 is 0.344 bits per heavy atom. The van der Waals surface area contributed by atoms with Crippen LogP contribution in [0, 0.1) is 0 Å². The maximum atomic E-state index is 6.02. The fourth-order valence-corrected chi connectivity index (χ4v) is 6.91. The molecule has 0 aliphatic carbocycles. The minimum absolute atomic E-state index is 0. The second-order valence-electron chi connectivity index (χ2n) is 13.7. The second kappa shape index (κ2) is 18.6. The van der Waals surface area contributed by atoms with E-state index in [1.807, 2.05) is 72.8 Å². The molecule has 16 nitrogen and oxygen atoms in total. The Labute approximate surface area is 360 Å². The molecule has 0 spiro atoms. The first-order valence-electron chi connectivity index (χ1n) is 19.3. The fourth-order valence-electron chi connectivity index (χ4n) is 6.91. The first-order chi connectivity index (χ1) is 29.5. The molecule has 4 aromatic carbocycles. The zero-order chi connectivity index (χ0) is 41.0. The number of methoxy groups -OCH3 is 4. The van der Waals surface area contributed by atoms with E-state index >= 15 is 0 Å². The summed E-state index contributed by atoms with van der Waals surface area (Å²) in [6.45, 7) is 3.20. The summed E-state index contributed by atoms with van der Waals surface area (Å²) in [5.74, 6) is 4.10. The van der Waals surface area contributed by atoms with Crippen molar-refractivity contribution in [2.45, 2.75) is 0 Å². The van der Waals surface area contributed by atoms with Gasteiger partial charge in [-0.05, 0) is 94.3 Å². The van der Waals surface area contributed by atoms with Crippen molar-refractivity contribution in [3.8, 4) is 68.5 Å². The Morgan fingerprint density at radius 3 is 1.02 bits per heavy atom. The fraction of sp³-hybridized carbons (Fsp3) is 0.273. The summed E-state index contributed by atoms with van der Waals surface area (Å²) in [5.41, 5.74) is 4.49. The van der Waals surface area contributed by atoms with Gasteiger partial charge >= 0.3 is 16.8 Å². The summed E-state index contributed by atoms with van der Waals surface area (Å²) in [6, 6.07) is 22.8. The molecule has 0 fully saturated rings. The molecule has 2 aliphatic rings. The minimum Gasteiger partial charge on any atom is -0.491 e. The predicted molar refractivity (Wildman–Crippen MR) is 223 cm³/mol. The van der Waals surface area contributed by atoms with Crippen LogP contribution in [0.1, 0.15) is 0 Å².